The molecule has 0 bridgehead atoms. The lowest BCUT2D eigenvalue weighted by atomic mass is 9.91. The summed E-state index contributed by atoms with van der Waals surface area (Å²) >= 11 is 0. The van der Waals surface area contributed by atoms with Gasteiger partial charge in [-0.1, -0.05) is 58.0 Å². The van der Waals surface area contributed by atoms with Gasteiger partial charge in [-0.15, -0.1) is 0 Å². The summed E-state index contributed by atoms with van der Waals surface area (Å²) in [6.45, 7) is 10.5. The van der Waals surface area contributed by atoms with E-state index in [4.69, 9.17) is 14.8 Å². The van der Waals surface area contributed by atoms with Crippen LogP contribution >= 0.6 is 0 Å². The zero-order chi connectivity index (χ0) is 44.7. The molecule has 2 saturated heterocycles. The van der Waals surface area contributed by atoms with Crippen LogP contribution in [0, 0.1) is 17.3 Å². The number of benzene rings is 3. The van der Waals surface area contributed by atoms with E-state index in [-0.39, 0.29) is 23.9 Å². The minimum absolute atomic E-state index is 0.0179. The molecule has 4 heterocycles. The van der Waals surface area contributed by atoms with Crippen molar-refractivity contribution >= 4 is 46.2 Å². The van der Waals surface area contributed by atoms with Crippen LogP contribution in [0.2, 0.25) is 0 Å². The van der Waals surface area contributed by atoms with E-state index < -0.39 is 6.09 Å². The van der Waals surface area contributed by atoms with E-state index >= 15 is 0 Å². The van der Waals surface area contributed by atoms with E-state index in [9.17, 15) is 14.4 Å². The zero-order valence-electron chi connectivity index (χ0n) is 37.4. The highest BCUT2D eigenvalue weighted by Gasteiger charge is 2.54. The molecular formula is C48H64N8O6. The van der Waals surface area contributed by atoms with Crippen LogP contribution in [-0.2, 0) is 36.7 Å². The Balaban J connectivity index is 0.000000527. The van der Waals surface area contributed by atoms with Gasteiger partial charge in [0.25, 0.3) is 6.47 Å². The number of hydrogen-bond donors (Lipinski definition) is 4. The molecule has 14 nitrogen and oxygen atoms in total. The van der Waals surface area contributed by atoms with Crippen molar-refractivity contribution < 1.29 is 28.7 Å². The van der Waals surface area contributed by atoms with Crippen molar-refractivity contribution in [2.75, 3.05) is 34.4 Å². The Morgan fingerprint density at radius 3 is 2.15 bits per heavy atom. The fraction of sp³-hybridized carbons (Fsp3) is 0.500. The number of imidazole rings is 2. The second-order valence-electron chi connectivity index (χ2n) is 17.7. The first-order chi connectivity index (χ1) is 29.8. The molecule has 2 aliphatic carbocycles. The van der Waals surface area contributed by atoms with Crippen LogP contribution in [0.25, 0.3) is 44.2 Å². The Morgan fingerprint density at radius 1 is 0.871 bits per heavy atom. The number of fused-ring (bicyclic) bond motifs is 4. The standard InChI is InChI=1S/C43H50N6O2.C2H5NO2.C2H4O2.CH5N/c1-25(2)19-38(50)48-18-6-9-36(48)42-45-34-15-11-28-21-27(10-12-30(28)40(34)47-42)29-13-14-33(32-8-5-7-31(29)32)35-23-44-41(46-35)37-22-43(16-17-43)24-49(37)39(51)20-26(3)4;1-5-2(3)4;1-4-2-3;1-2/h10-15,21,23,25-26,36-37H,5-9,16-20,22,24H2,1-4H3,(H,44,46)(H,45,47);1H3,(H2,3,4);2H,1H3;2H2,1H3. The molecule has 2 unspecified atom stereocenters. The van der Waals surface area contributed by atoms with E-state index in [1.807, 2.05) is 11.1 Å². The predicted molar refractivity (Wildman–Crippen MR) is 242 cm³/mol. The van der Waals surface area contributed by atoms with Crippen LogP contribution in [-0.4, -0.2) is 88.5 Å². The number of amides is 3. The first-order valence-corrected chi connectivity index (χ1v) is 21.9. The molecule has 3 amide bonds. The Bertz CT molecular complexity index is 2380. The van der Waals surface area contributed by atoms with E-state index in [0.717, 1.165) is 85.4 Å². The SMILES string of the molecule is CC(C)CC(=O)N1CC2(CC2)CC1c1ncc(-c2ccc(-c3ccc4c(ccc5[nH]c(C6CCCN6C(=O)CC(C)C)nc54)c3)c3c2CCC3)[nH]1.CN.COC(N)=O.COC=O. The minimum atomic E-state index is -0.745. The molecule has 6 N–H and O–H groups in total. The maximum absolute atomic E-state index is 13.3. The molecule has 2 atom stereocenters. The number of methoxy groups -OCH3 is 2. The molecular weight excluding hydrogens is 785 g/mol. The van der Waals surface area contributed by atoms with E-state index in [2.05, 4.69) is 106 Å². The second kappa shape index (κ2) is 20.0. The molecule has 2 aromatic heterocycles. The van der Waals surface area contributed by atoms with Crippen molar-refractivity contribution in [2.45, 2.75) is 104 Å². The zero-order valence-corrected chi connectivity index (χ0v) is 37.4. The molecule has 62 heavy (non-hydrogen) atoms. The monoisotopic (exact) mass is 848 g/mol. The molecule has 1 saturated carbocycles. The molecule has 3 aromatic carbocycles. The maximum Gasteiger partial charge on any atom is 0.404 e. The molecule has 2 aliphatic heterocycles. The average molecular weight is 849 g/mol. The van der Waals surface area contributed by atoms with Gasteiger partial charge >= 0.3 is 6.09 Å². The summed E-state index contributed by atoms with van der Waals surface area (Å²) in [7, 11) is 4.04. The molecule has 5 aromatic rings. The summed E-state index contributed by atoms with van der Waals surface area (Å²) < 4.78 is 7.75. The first kappa shape index (κ1) is 45.8. The molecule has 9 rings (SSSR count). The van der Waals surface area contributed by atoms with Crippen molar-refractivity contribution in [1.29, 1.82) is 0 Å². The van der Waals surface area contributed by atoms with Crippen molar-refractivity contribution in [3.05, 3.63) is 71.4 Å². The second-order valence-corrected chi connectivity index (χ2v) is 17.7. The number of ether oxygens (including phenoxy) is 2. The van der Waals surface area contributed by atoms with Crippen LogP contribution in [0.5, 0.6) is 0 Å². The highest BCUT2D eigenvalue weighted by atomic mass is 16.5. The number of aromatic nitrogens is 4. The molecule has 3 fully saturated rings. The quantitative estimate of drug-likeness (QED) is 0.106. The Hall–Kier alpha value is -5.76. The van der Waals surface area contributed by atoms with Crippen molar-refractivity contribution in [2.24, 2.45) is 28.7 Å². The fourth-order valence-electron chi connectivity index (χ4n) is 9.40. The lowest BCUT2D eigenvalue weighted by Crippen LogP contribution is -2.32. The van der Waals surface area contributed by atoms with E-state index in [1.165, 1.54) is 67.3 Å². The largest absolute Gasteiger partial charge is 0.471 e. The minimum Gasteiger partial charge on any atom is -0.471 e. The highest BCUT2D eigenvalue weighted by Crippen LogP contribution is 2.58. The van der Waals surface area contributed by atoms with Gasteiger partial charge in [0.15, 0.2) is 0 Å². The summed E-state index contributed by atoms with van der Waals surface area (Å²) in [4.78, 5) is 66.1. The lowest BCUT2D eigenvalue weighted by Gasteiger charge is -2.24. The van der Waals surface area contributed by atoms with E-state index in [0.29, 0.717) is 36.6 Å². The summed E-state index contributed by atoms with van der Waals surface area (Å²) in [5.74, 6) is 3.03. The number of carbonyl (C=O) groups is 4. The number of carbonyl (C=O) groups excluding carboxylic acids is 4. The first-order valence-electron chi connectivity index (χ1n) is 21.9. The molecule has 4 aliphatic rings. The van der Waals surface area contributed by atoms with Crippen LogP contribution in [0.3, 0.4) is 0 Å². The smallest absolute Gasteiger partial charge is 0.404 e. The number of H-pyrrole nitrogens is 2. The number of rotatable bonds is 9. The van der Waals surface area contributed by atoms with Gasteiger partial charge < -0.3 is 40.7 Å². The van der Waals surface area contributed by atoms with Crippen LogP contribution < -0.4 is 11.5 Å². The van der Waals surface area contributed by atoms with Gasteiger partial charge in [-0.25, -0.2) is 14.8 Å². The Kier molecular flexibility index (Phi) is 14.7. The summed E-state index contributed by atoms with van der Waals surface area (Å²) in [5, 5.41) is 2.31. The van der Waals surface area contributed by atoms with Gasteiger partial charge in [-0.3, -0.25) is 14.4 Å². The van der Waals surface area contributed by atoms with Crippen molar-refractivity contribution in [1.82, 2.24) is 29.7 Å². The third-order valence-electron chi connectivity index (χ3n) is 12.4. The molecule has 332 valence electrons. The number of nitrogens with one attached hydrogen (secondary N) is 2. The van der Waals surface area contributed by atoms with Gasteiger partial charge in [0, 0.05) is 36.9 Å². The number of nitrogens with zero attached hydrogens (tertiary/aromatic N) is 4. The normalized spacial score (nSPS) is 18.2. The number of hydrogen-bond acceptors (Lipinski definition) is 9. The van der Waals surface area contributed by atoms with Gasteiger partial charge in [0.2, 0.25) is 11.8 Å². The number of aromatic amines is 2. The maximum atomic E-state index is 13.3. The molecule has 1 spiro atoms. The van der Waals surface area contributed by atoms with Gasteiger partial charge in [-0.2, -0.15) is 0 Å². The Labute approximate surface area is 364 Å². The third kappa shape index (κ3) is 9.96. The Morgan fingerprint density at radius 2 is 1.52 bits per heavy atom. The van der Waals surface area contributed by atoms with Crippen molar-refractivity contribution in [3.63, 3.8) is 0 Å². The topological polar surface area (TPSA) is 203 Å². The molecule has 14 heteroatoms. The van der Waals surface area contributed by atoms with E-state index in [1.54, 1.807) is 0 Å². The lowest BCUT2D eigenvalue weighted by molar-refractivity contribution is -0.134. The average Bonchev–Trinajstić information content (AvgIpc) is 3.93. The van der Waals surface area contributed by atoms with Crippen LogP contribution in [0.15, 0.2) is 48.7 Å². The number of likely N-dealkylation sites (tertiary alicyclic amines) is 2. The third-order valence-corrected chi connectivity index (χ3v) is 12.4. The predicted octanol–water partition coefficient (Wildman–Crippen LogP) is 8.15. The summed E-state index contributed by atoms with van der Waals surface area (Å²) in [5.41, 5.74) is 18.9. The highest BCUT2D eigenvalue weighted by molar-refractivity contribution is 6.05. The van der Waals surface area contributed by atoms with Crippen LogP contribution in [0.4, 0.5) is 4.79 Å². The number of nitrogens with two attached hydrogens (primary N) is 2. The van der Waals surface area contributed by atoms with Crippen molar-refractivity contribution in [3.8, 4) is 22.4 Å². The molecule has 0 radical (unpaired) electrons. The number of primary amides is 1. The summed E-state index contributed by atoms with van der Waals surface area (Å²) in [6, 6.07) is 15.8. The van der Waals surface area contributed by atoms with Gasteiger partial charge in [-0.05, 0) is 115 Å². The summed E-state index contributed by atoms with van der Waals surface area (Å²) in [6.07, 6.45) is 11.1. The fourth-order valence-corrected chi connectivity index (χ4v) is 9.40. The van der Waals surface area contributed by atoms with Crippen LogP contribution in [0.1, 0.15) is 114 Å². The van der Waals surface area contributed by atoms with Gasteiger partial charge in [0.1, 0.15) is 11.6 Å². The van der Waals surface area contributed by atoms with Gasteiger partial charge in [0.05, 0.1) is 49.2 Å².